The number of fused-ring (bicyclic) bond motifs is 1. The number of H-pyrrole nitrogens is 1. The van der Waals surface area contributed by atoms with Crippen molar-refractivity contribution in [3.63, 3.8) is 0 Å². The molecule has 9 heteroatoms. The van der Waals surface area contributed by atoms with Crippen LogP contribution in [0.2, 0.25) is 0 Å². The lowest BCUT2D eigenvalue weighted by molar-refractivity contribution is 0.409. The van der Waals surface area contributed by atoms with Gasteiger partial charge in [-0.2, -0.15) is 10.1 Å². The molecule has 2 aromatic heterocycles. The Morgan fingerprint density at radius 1 is 1.32 bits per heavy atom. The molecular weight excluding hydrogens is 330 g/mol. The summed E-state index contributed by atoms with van der Waals surface area (Å²) >= 11 is 0. The van der Waals surface area contributed by atoms with Crippen LogP contribution < -0.4 is 15.4 Å². The molecule has 1 unspecified atom stereocenters. The summed E-state index contributed by atoms with van der Waals surface area (Å²) in [4.78, 5) is 8.24. The van der Waals surface area contributed by atoms with Crippen molar-refractivity contribution in [2.45, 2.75) is 18.9 Å². The van der Waals surface area contributed by atoms with Crippen LogP contribution in [0.3, 0.4) is 0 Å². The molecule has 0 saturated carbocycles. The first-order valence-corrected chi connectivity index (χ1v) is 8.00. The Morgan fingerprint density at radius 3 is 3.04 bits per heavy atom. The molecule has 4 rings (SSSR count). The SMILES string of the molecule is Fc1ccc(Oc2ncc3c(NCC4CCCN4)n[nH]c3n2)c(F)c1. The molecule has 3 N–H and O–H groups in total. The fourth-order valence-corrected chi connectivity index (χ4v) is 2.78. The van der Waals surface area contributed by atoms with E-state index in [1.54, 1.807) is 6.20 Å². The third-order valence-electron chi connectivity index (χ3n) is 4.07. The first-order chi connectivity index (χ1) is 12.2. The normalized spacial score (nSPS) is 17.1. The molecule has 0 spiro atoms. The molecule has 0 bridgehead atoms. The van der Waals surface area contributed by atoms with Crippen LogP contribution in [0.25, 0.3) is 11.0 Å². The molecule has 1 aromatic carbocycles. The van der Waals surface area contributed by atoms with Gasteiger partial charge in [-0.25, -0.2) is 13.8 Å². The van der Waals surface area contributed by atoms with Gasteiger partial charge in [-0.1, -0.05) is 0 Å². The lowest BCUT2D eigenvalue weighted by atomic mass is 10.2. The zero-order valence-corrected chi connectivity index (χ0v) is 13.2. The zero-order chi connectivity index (χ0) is 17.2. The molecular formula is C16H16F2N6O. The highest BCUT2D eigenvalue weighted by atomic mass is 19.1. The molecule has 1 saturated heterocycles. The molecule has 0 amide bonds. The molecule has 1 atom stereocenters. The molecule has 1 aliphatic rings. The first kappa shape index (κ1) is 15.7. The van der Waals surface area contributed by atoms with Crippen molar-refractivity contribution in [3.05, 3.63) is 36.0 Å². The van der Waals surface area contributed by atoms with Gasteiger partial charge in [0.05, 0.1) is 5.39 Å². The van der Waals surface area contributed by atoms with Gasteiger partial charge < -0.3 is 15.4 Å². The smallest absolute Gasteiger partial charge is 0.324 e. The second-order valence-corrected chi connectivity index (χ2v) is 5.84. The van der Waals surface area contributed by atoms with Crippen LogP contribution in [-0.4, -0.2) is 39.3 Å². The van der Waals surface area contributed by atoms with Gasteiger partial charge in [0.1, 0.15) is 5.82 Å². The highest BCUT2D eigenvalue weighted by Gasteiger charge is 2.16. The summed E-state index contributed by atoms with van der Waals surface area (Å²) in [7, 11) is 0. The number of hydrogen-bond acceptors (Lipinski definition) is 6. The van der Waals surface area contributed by atoms with Crippen LogP contribution >= 0.6 is 0 Å². The van der Waals surface area contributed by atoms with Gasteiger partial charge in [0.2, 0.25) is 0 Å². The topological polar surface area (TPSA) is 87.8 Å². The second kappa shape index (κ2) is 6.60. The summed E-state index contributed by atoms with van der Waals surface area (Å²) in [5.41, 5.74) is 0.467. The van der Waals surface area contributed by atoms with E-state index in [0.717, 1.165) is 31.6 Å². The molecule has 3 heterocycles. The Bertz CT molecular complexity index is 893. The van der Waals surface area contributed by atoms with E-state index < -0.39 is 11.6 Å². The van der Waals surface area contributed by atoms with Gasteiger partial charge >= 0.3 is 6.01 Å². The van der Waals surface area contributed by atoms with Gasteiger partial charge in [-0.15, -0.1) is 0 Å². The number of hydrogen-bond donors (Lipinski definition) is 3. The minimum atomic E-state index is -0.820. The fourth-order valence-electron chi connectivity index (χ4n) is 2.78. The number of rotatable bonds is 5. The van der Waals surface area contributed by atoms with E-state index in [9.17, 15) is 8.78 Å². The van der Waals surface area contributed by atoms with Crippen LogP contribution in [0.5, 0.6) is 11.8 Å². The lowest BCUT2D eigenvalue weighted by Gasteiger charge is -2.10. The number of ether oxygens (including phenoxy) is 1. The van der Waals surface area contributed by atoms with E-state index in [2.05, 4.69) is 30.8 Å². The Morgan fingerprint density at radius 2 is 2.24 bits per heavy atom. The molecule has 130 valence electrons. The molecule has 25 heavy (non-hydrogen) atoms. The number of anilines is 1. The van der Waals surface area contributed by atoms with Gasteiger partial charge in [0.15, 0.2) is 23.0 Å². The summed E-state index contributed by atoms with van der Waals surface area (Å²) in [6.07, 6.45) is 3.86. The van der Waals surface area contributed by atoms with Gasteiger partial charge in [0.25, 0.3) is 0 Å². The van der Waals surface area contributed by atoms with Crippen molar-refractivity contribution in [1.82, 2.24) is 25.5 Å². The van der Waals surface area contributed by atoms with Crippen LogP contribution in [0.15, 0.2) is 24.4 Å². The van der Waals surface area contributed by atoms with Gasteiger partial charge in [0, 0.05) is 24.8 Å². The second-order valence-electron chi connectivity index (χ2n) is 5.84. The number of halogens is 2. The lowest BCUT2D eigenvalue weighted by Crippen LogP contribution is -2.29. The van der Waals surface area contributed by atoms with E-state index in [4.69, 9.17) is 4.74 Å². The Hall–Kier alpha value is -2.81. The van der Waals surface area contributed by atoms with Crippen LogP contribution in [0, 0.1) is 11.6 Å². The monoisotopic (exact) mass is 346 g/mol. The number of benzene rings is 1. The number of nitrogens with one attached hydrogen (secondary N) is 3. The van der Waals surface area contributed by atoms with E-state index >= 15 is 0 Å². The summed E-state index contributed by atoms with van der Waals surface area (Å²) in [6, 6.07) is 3.41. The quantitative estimate of drug-likeness (QED) is 0.658. The molecule has 1 fully saturated rings. The average molecular weight is 346 g/mol. The predicted molar refractivity (Wildman–Crippen MR) is 87.6 cm³/mol. The summed E-state index contributed by atoms with van der Waals surface area (Å²) in [5, 5.41) is 14.4. The van der Waals surface area contributed by atoms with Crippen LogP contribution in [0.1, 0.15) is 12.8 Å². The van der Waals surface area contributed by atoms with Crippen LogP contribution in [-0.2, 0) is 0 Å². The van der Waals surface area contributed by atoms with E-state index in [-0.39, 0.29) is 11.8 Å². The van der Waals surface area contributed by atoms with E-state index in [1.165, 1.54) is 12.5 Å². The Labute approximate surface area is 141 Å². The van der Waals surface area contributed by atoms with Crippen molar-refractivity contribution < 1.29 is 13.5 Å². The van der Waals surface area contributed by atoms with Crippen molar-refractivity contribution in [2.24, 2.45) is 0 Å². The largest absolute Gasteiger partial charge is 0.421 e. The summed E-state index contributed by atoms with van der Waals surface area (Å²) < 4.78 is 31.9. The Balaban J connectivity index is 1.50. The maximum atomic E-state index is 13.6. The molecule has 3 aromatic rings. The van der Waals surface area contributed by atoms with Crippen molar-refractivity contribution in [2.75, 3.05) is 18.4 Å². The number of aromatic amines is 1. The van der Waals surface area contributed by atoms with Crippen LogP contribution in [0.4, 0.5) is 14.6 Å². The highest BCUT2D eigenvalue weighted by molar-refractivity contribution is 5.86. The fraction of sp³-hybridized carbons (Fsp3) is 0.312. The molecule has 0 aliphatic carbocycles. The predicted octanol–water partition coefficient (Wildman–Crippen LogP) is 2.59. The number of aromatic nitrogens is 4. The molecule has 0 radical (unpaired) electrons. The summed E-state index contributed by atoms with van der Waals surface area (Å²) in [5.74, 6) is -0.990. The minimum Gasteiger partial charge on any atom is -0.421 e. The third-order valence-corrected chi connectivity index (χ3v) is 4.07. The number of nitrogens with zero attached hydrogens (tertiary/aromatic N) is 3. The zero-order valence-electron chi connectivity index (χ0n) is 13.2. The average Bonchev–Trinajstić information content (AvgIpc) is 3.25. The van der Waals surface area contributed by atoms with Crippen molar-refractivity contribution >= 4 is 16.9 Å². The maximum absolute atomic E-state index is 13.6. The highest BCUT2D eigenvalue weighted by Crippen LogP contribution is 2.25. The van der Waals surface area contributed by atoms with Crippen molar-refractivity contribution in [1.29, 1.82) is 0 Å². The Kier molecular flexibility index (Phi) is 4.14. The third kappa shape index (κ3) is 3.36. The standard InChI is InChI=1S/C16H16F2N6O/c17-9-3-4-13(12(18)6-9)25-16-21-8-11-14(23-24-15(11)22-16)20-7-10-2-1-5-19-10/h3-4,6,8,10,19H,1-2,5,7H2,(H2,20,21,22,23,24). The van der Waals surface area contributed by atoms with Gasteiger partial charge in [-0.05, 0) is 31.5 Å². The first-order valence-electron chi connectivity index (χ1n) is 8.00. The van der Waals surface area contributed by atoms with E-state index in [0.29, 0.717) is 22.9 Å². The summed E-state index contributed by atoms with van der Waals surface area (Å²) in [6.45, 7) is 1.80. The maximum Gasteiger partial charge on any atom is 0.324 e. The van der Waals surface area contributed by atoms with Gasteiger partial charge in [-0.3, -0.25) is 5.10 Å². The van der Waals surface area contributed by atoms with E-state index in [1.807, 2.05) is 0 Å². The minimum absolute atomic E-state index is 0.0503. The molecule has 7 nitrogen and oxygen atoms in total. The molecule has 1 aliphatic heterocycles. The van der Waals surface area contributed by atoms with Crippen molar-refractivity contribution in [3.8, 4) is 11.8 Å².